The van der Waals surface area contributed by atoms with Gasteiger partial charge in [-0.15, -0.1) is 0 Å². The Morgan fingerprint density at radius 3 is 2.42 bits per heavy atom. The maximum Gasteiger partial charge on any atom is 0.219 e. The second-order valence-corrected chi connectivity index (χ2v) is 5.00. The zero-order valence-corrected chi connectivity index (χ0v) is 11.3. The van der Waals surface area contributed by atoms with Crippen LogP contribution in [0.2, 0.25) is 0 Å². The minimum Gasteiger partial charge on any atom is -0.289 e. The van der Waals surface area contributed by atoms with Crippen molar-refractivity contribution in [2.24, 2.45) is 0 Å². The molecular weight excluding hydrogens is 306 g/mol. The molecule has 0 saturated heterocycles. The minimum atomic E-state index is -0.257. The molecular formula is C15H8BrNO2. The molecule has 1 aliphatic rings. The summed E-state index contributed by atoms with van der Waals surface area (Å²) < 4.78 is 0.253. The Morgan fingerprint density at radius 2 is 1.68 bits per heavy atom. The standard InChI is InChI=1S/C15H8BrNO2/c16-11-8-13(18)10-6-7-12(17-14(10)15(11)19)9-4-2-1-3-5-9/h1-8H. The molecule has 3 nitrogen and oxygen atoms in total. The fourth-order valence-corrected chi connectivity index (χ4v) is 2.37. The van der Waals surface area contributed by atoms with Gasteiger partial charge in [-0.2, -0.15) is 0 Å². The molecule has 1 aromatic carbocycles. The topological polar surface area (TPSA) is 47.0 Å². The van der Waals surface area contributed by atoms with Crippen molar-refractivity contribution >= 4 is 27.5 Å². The lowest BCUT2D eigenvalue weighted by atomic mass is 9.98. The first kappa shape index (κ1) is 12.0. The molecule has 0 bridgehead atoms. The Hall–Kier alpha value is -2.07. The number of ketones is 2. The highest BCUT2D eigenvalue weighted by Crippen LogP contribution is 2.26. The van der Waals surface area contributed by atoms with Crippen LogP contribution in [-0.2, 0) is 0 Å². The number of carbonyl (C=O) groups excluding carboxylic acids is 2. The summed E-state index contributed by atoms with van der Waals surface area (Å²) in [6, 6.07) is 12.9. The molecule has 1 aromatic heterocycles. The van der Waals surface area contributed by atoms with E-state index in [0.29, 0.717) is 11.3 Å². The van der Waals surface area contributed by atoms with Gasteiger partial charge in [-0.1, -0.05) is 30.3 Å². The van der Waals surface area contributed by atoms with Crippen LogP contribution in [-0.4, -0.2) is 16.6 Å². The molecule has 4 heteroatoms. The van der Waals surface area contributed by atoms with Crippen molar-refractivity contribution < 1.29 is 9.59 Å². The van der Waals surface area contributed by atoms with Gasteiger partial charge in [-0.05, 0) is 28.1 Å². The highest BCUT2D eigenvalue weighted by molar-refractivity contribution is 9.12. The molecule has 0 fully saturated rings. The number of allylic oxidation sites excluding steroid dienone is 2. The van der Waals surface area contributed by atoms with Crippen molar-refractivity contribution in [3.63, 3.8) is 0 Å². The van der Waals surface area contributed by atoms with E-state index in [2.05, 4.69) is 20.9 Å². The third-order valence-electron chi connectivity index (χ3n) is 2.92. The van der Waals surface area contributed by atoms with E-state index < -0.39 is 0 Å². The Balaban J connectivity index is 2.16. The molecule has 0 saturated carbocycles. The lowest BCUT2D eigenvalue weighted by molar-refractivity contribution is 0.0988. The normalized spacial score (nSPS) is 14.1. The minimum absolute atomic E-state index is 0.200. The van der Waals surface area contributed by atoms with Crippen molar-refractivity contribution in [1.82, 2.24) is 4.98 Å². The number of carbonyl (C=O) groups is 2. The van der Waals surface area contributed by atoms with E-state index in [-0.39, 0.29) is 21.7 Å². The Morgan fingerprint density at radius 1 is 0.947 bits per heavy atom. The maximum atomic E-state index is 12.0. The number of nitrogens with zero attached hydrogens (tertiary/aromatic N) is 1. The molecule has 3 rings (SSSR count). The van der Waals surface area contributed by atoms with E-state index in [1.807, 2.05) is 30.3 Å². The van der Waals surface area contributed by atoms with Gasteiger partial charge < -0.3 is 0 Å². The molecule has 0 unspecified atom stereocenters. The SMILES string of the molecule is O=C1C=C(Br)C(=O)c2nc(-c3ccccc3)ccc21. The van der Waals surface area contributed by atoms with Crippen molar-refractivity contribution in [3.05, 3.63) is 64.3 Å². The van der Waals surface area contributed by atoms with Gasteiger partial charge >= 0.3 is 0 Å². The average Bonchev–Trinajstić information content (AvgIpc) is 2.45. The first-order valence-corrected chi connectivity index (χ1v) is 6.49. The number of rotatable bonds is 1. The summed E-state index contributed by atoms with van der Waals surface area (Å²) in [5.41, 5.74) is 2.16. The van der Waals surface area contributed by atoms with E-state index in [4.69, 9.17) is 0 Å². The summed E-state index contributed by atoms with van der Waals surface area (Å²) in [6.45, 7) is 0. The third-order valence-corrected chi connectivity index (χ3v) is 3.51. The van der Waals surface area contributed by atoms with E-state index in [0.717, 1.165) is 5.56 Å². The average molecular weight is 314 g/mol. The van der Waals surface area contributed by atoms with Crippen LogP contribution < -0.4 is 0 Å². The van der Waals surface area contributed by atoms with Gasteiger partial charge in [-0.25, -0.2) is 4.98 Å². The van der Waals surface area contributed by atoms with Crippen LogP contribution in [0.25, 0.3) is 11.3 Å². The van der Waals surface area contributed by atoms with Gasteiger partial charge in [0.2, 0.25) is 5.78 Å². The fourth-order valence-electron chi connectivity index (χ4n) is 1.97. The van der Waals surface area contributed by atoms with Crippen LogP contribution in [0, 0.1) is 0 Å². The lowest BCUT2D eigenvalue weighted by Gasteiger charge is -2.12. The number of hydrogen-bond acceptors (Lipinski definition) is 3. The van der Waals surface area contributed by atoms with Crippen LogP contribution >= 0.6 is 15.9 Å². The van der Waals surface area contributed by atoms with E-state index in [9.17, 15) is 9.59 Å². The molecule has 0 atom stereocenters. The molecule has 2 aromatic rings. The summed E-state index contributed by atoms with van der Waals surface area (Å²) in [5, 5.41) is 0. The fraction of sp³-hybridized carbons (Fsp3) is 0. The number of aromatic nitrogens is 1. The van der Waals surface area contributed by atoms with Gasteiger partial charge in [0.05, 0.1) is 15.7 Å². The van der Waals surface area contributed by atoms with E-state index in [1.54, 1.807) is 12.1 Å². The zero-order chi connectivity index (χ0) is 13.4. The molecule has 0 N–H and O–H groups in total. The largest absolute Gasteiger partial charge is 0.289 e. The number of benzene rings is 1. The van der Waals surface area contributed by atoms with Crippen LogP contribution in [0.5, 0.6) is 0 Å². The van der Waals surface area contributed by atoms with E-state index in [1.165, 1.54) is 6.08 Å². The molecule has 0 amide bonds. The molecule has 1 heterocycles. The number of halogens is 1. The van der Waals surface area contributed by atoms with E-state index >= 15 is 0 Å². The molecule has 92 valence electrons. The van der Waals surface area contributed by atoms with Gasteiger partial charge in [0, 0.05) is 11.6 Å². The first-order valence-electron chi connectivity index (χ1n) is 5.69. The Kier molecular flexibility index (Phi) is 2.87. The summed E-state index contributed by atoms with van der Waals surface area (Å²) in [4.78, 5) is 28.1. The van der Waals surface area contributed by atoms with Crippen LogP contribution in [0.15, 0.2) is 53.0 Å². The number of pyridine rings is 1. The summed E-state index contributed by atoms with van der Waals surface area (Å²) in [6.07, 6.45) is 1.29. The Labute approximate surface area is 118 Å². The third kappa shape index (κ3) is 2.04. The highest BCUT2D eigenvalue weighted by atomic mass is 79.9. The molecule has 0 spiro atoms. The van der Waals surface area contributed by atoms with Crippen LogP contribution in [0.1, 0.15) is 20.8 Å². The summed E-state index contributed by atoms with van der Waals surface area (Å²) in [7, 11) is 0. The van der Waals surface area contributed by atoms with Crippen molar-refractivity contribution in [2.45, 2.75) is 0 Å². The smallest absolute Gasteiger partial charge is 0.219 e. The first-order chi connectivity index (χ1) is 9.16. The molecule has 0 aliphatic heterocycles. The van der Waals surface area contributed by atoms with Crippen molar-refractivity contribution in [2.75, 3.05) is 0 Å². The second kappa shape index (κ2) is 4.55. The van der Waals surface area contributed by atoms with Crippen molar-refractivity contribution in [3.8, 4) is 11.3 Å². The van der Waals surface area contributed by atoms with Crippen molar-refractivity contribution in [1.29, 1.82) is 0 Å². The van der Waals surface area contributed by atoms with Gasteiger partial charge in [0.25, 0.3) is 0 Å². The highest BCUT2D eigenvalue weighted by Gasteiger charge is 2.26. The summed E-state index contributed by atoms with van der Waals surface area (Å²) in [5.74, 6) is -0.457. The lowest BCUT2D eigenvalue weighted by Crippen LogP contribution is -2.16. The number of hydrogen-bond donors (Lipinski definition) is 0. The van der Waals surface area contributed by atoms with Gasteiger partial charge in [0.15, 0.2) is 5.78 Å². The number of fused-ring (bicyclic) bond motifs is 1. The van der Waals surface area contributed by atoms with Gasteiger partial charge in [-0.3, -0.25) is 9.59 Å². The molecule has 0 radical (unpaired) electrons. The molecule has 19 heavy (non-hydrogen) atoms. The molecule has 1 aliphatic carbocycles. The van der Waals surface area contributed by atoms with Gasteiger partial charge in [0.1, 0.15) is 5.69 Å². The van der Waals surface area contributed by atoms with Crippen LogP contribution in [0.4, 0.5) is 0 Å². The maximum absolute atomic E-state index is 12.0. The van der Waals surface area contributed by atoms with Crippen LogP contribution in [0.3, 0.4) is 0 Å². The zero-order valence-electron chi connectivity index (χ0n) is 9.76. The number of Topliss-reactive ketones (excluding diaryl/α,β-unsaturated/α-hetero) is 1. The predicted molar refractivity (Wildman–Crippen MR) is 75.3 cm³/mol. The summed E-state index contributed by atoms with van der Waals surface area (Å²) >= 11 is 3.10. The quantitative estimate of drug-likeness (QED) is 0.810. The monoisotopic (exact) mass is 313 g/mol. The Bertz CT molecular complexity index is 720. The predicted octanol–water partition coefficient (Wildman–Crippen LogP) is 3.41. The second-order valence-electron chi connectivity index (χ2n) is 4.14.